The second-order valence-corrected chi connectivity index (χ2v) is 6.04. The molecule has 0 N–H and O–H groups in total. The van der Waals surface area contributed by atoms with E-state index in [1.807, 2.05) is 31.2 Å². The molecule has 0 atom stereocenters. The number of nitrogens with zero attached hydrogens (tertiary/aromatic N) is 4. The smallest absolute Gasteiger partial charge is 0.276 e. The zero-order valence-corrected chi connectivity index (χ0v) is 15.1. The topological polar surface area (TPSA) is 94.5 Å². The van der Waals surface area contributed by atoms with Gasteiger partial charge in [0.25, 0.3) is 5.91 Å². The van der Waals surface area contributed by atoms with Gasteiger partial charge in [0, 0.05) is 19.7 Å². The Bertz CT molecular complexity index is 916. The summed E-state index contributed by atoms with van der Waals surface area (Å²) in [6.07, 6.45) is 0. The van der Waals surface area contributed by atoms with Crippen LogP contribution in [-0.2, 0) is 17.9 Å². The number of aromatic nitrogens is 3. The van der Waals surface area contributed by atoms with Crippen molar-refractivity contribution >= 4 is 5.91 Å². The zero-order valence-electron chi connectivity index (χ0n) is 15.1. The lowest BCUT2D eigenvalue weighted by atomic mass is 10.1. The van der Waals surface area contributed by atoms with Crippen LogP contribution in [0.2, 0.25) is 0 Å². The second-order valence-electron chi connectivity index (χ2n) is 6.04. The van der Waals surface area contributed by atoms with E-state index in [9.17, 15) is 4.79 Å². The van der Waals surface area contributed by atoms with Gasteiger partial charge in [0.2, 0.25) is 11.7 Å². The van der Waals surface area contributed by atoms with E-state index in [1.54, 1.807) is 21.1 Å². The second kappa shape index (κ2) is 7.49. The molecule has 0 aliphatic rings. The highest BCUT2D eigenvalue weighted by Crippen LogP contribution is 2.19. The third-order valence-electron chi connectivity index (χ3n) is 3.94. The van der Waals surface area contributed by atoms with Crippen molar-refractivity contribution in [2.75, 3.05) is 14.2 Å². The van der Waals surface area contributed by atoms with Crippen molar-refractivity contribution < 1.29 is 18.6 Å². The average Bonchev–Trinajstić information content (AvgIpc) is 3.22. The number of benzene rings is 1. The third-order valence-corrected chi connectivity index (χ3v) is 3.94. The van der Waals surface area contributed by atoms with E-state index in [2.05, 4.69) is 15.3 Å². The lowest BCUT2D eigenvalue weighted by Gasteiger charge is -2.13. The summed E-state index contributed by atoms with van der Waals surface area (Å²) >= 11 is 0. The van der Waals surface area contributed by atoms with Crippen LogP contribution in [-0.4, -0.2) is 40.3 Å². The molecule has 136 valence electrons. The molecule has 2 aromatic heterocycles. The lowest BCUT2D eigenvalue weighted by Crippen LogP contribution is -2.27. The van der Waals surface area contributed by atoms with E-state index in [0.29, 0.717) is 23.0 Å². The Hall–Kier alpha value is -3.00. The Morgan fingerprint density at radius 2 is 2.04 bits per heavy atom. The highest BCUT2D eigenvalue weighted by atomic mass is 16.5. The molecule has 0 radical (unpaired) electrons. The summed E-state index contributed by atoms with van der Waals surface area (Å²) in [7, 11) is 3.19. The summed E-state index contributed by atoms with van der Waals surface area (Å²) in [5.74, 6) is 1.08. The molecule has 2 heterocycles. The van der Waals surface area contributed by atoms with Crippen molar-refractivity contribution in [3.63, 3.8) is 0 Å². The Morgan fingerprint density at radius 1 is 1.23 bits per heavy atom. The molecule has 0 bridgehead atoms. The summed E-state index contributed by atoms with van der Waals surface area (Å²) in [5.41, 5.74) is 2.83. The minimum absolute atomic E-state index is 0.163. The maximum Gasteiger partial charge on any atom is 0.276 e. The Labute approximate surface area is 150 Å². The Morgan fingerprint density at radius 3 is 2.77 bits per heavy atom. The van der Waals surface area contributed by atoms with Gasteiger partial charge in [-0.3, -0.25) is 4.79 Å². The van der Waals surface area contributed by atoms with Gasteiger partial charge in [-0.1, -0.05) is 34.1 Å². The molecule has 0 fully saturated rings. The van der Waals surface area contributed by atoms with Gasteiger partial charge in [0.15, 0.2) is 5.69 Å². The van der Waals surface area contributed by atoms with E-state index in [-0.39, 0.29) is 24.8 Å². The first-order valence-corrected chi connectivity index (χ1v) is 8.08. The van der Waals surface area contributed by atoms with Crippen molar-refractivity contribution in [3.05, 3.63) is 52.7 Å². The van der Waals surface area contributed by atoms with Gasteiger partial charge in [0.05, 0.1) is 12.2 Å². The van der Waals surface area contributed by atoms with Crippen molar-refractivity contribution in [1.82, 2.24) is 20.2 Å². The number of carbonyl (C=O) groups is 1. The molecule has 8 nitrogen and oxygen atoms in total. The number of rotatable bonds is 6. The standard InChI is InChI=1S/C18H20N4O4/c1-11-6-5-7-13(8-11)17-19-15(26-21-17)9-22(3)18(23)16-14(10-24-4)12(2)25-20-16/h5-8H,9-10H2,1-4H3. The first-order valence-electron chi connectivity index (χ1n) is 8.08. The summed E-state index contributed by atoms with van der Waals surface area (Å²) in [4.78, 5) is 18.4. The van der Waals surface area contributed by atoms with E-state index < -0.39 is 0 Å². The highest BCUT2D eigenvalue weighted by Gasteiger charge is 2.24. The largest absolute Gasteiger partial charge is 0.380 e. The first kappa shape index (κ1) is 17.8. The van der Waals surface area contributed by atoms with Crippen LogP contribution in [0.3, 0.4) is 0 Å². The molecule has 0 aliphatic carbocycles. The summed E-state index contributed by atoms with van der Waals surface area (Å²) in [6.45, 7) is 4.15. The van der Waals surface area contributed by atoms with Crippen molar-refractivity contribution in [2.45, 2.75) is 27.0 Å². The maximum absolute atomic E-state index is 12.6. The fourth-order valence-corrected chi connectivity index (χ4v) is 2.55. The van der Waals surface area contributed by atoms with Gasteiger partial charge >= 0.3 is 0 Å². The number of amides is 1. The summed E-state index contributed by atoms with van der Waals surface area (Å²) < 4.78 is 15.5. The molecular weight excluding hydrogens is 336 g/mol. The van der Waals surface area contributed by atoms with E-state index in [4.69, 9.17) is 13.8 Å². The minimum atomic E-state index is -0.302. The van der Waals surface area contributed by atoms with Crippen LogP contribution in [0.5, 0.6) is 0 Å². The van der Waals surface area contributed by atoms with Crippen molar-refractivity contribution in [3.8, 4) is 11.4 Å². The molecular formula is C18H20N4O4. The number of aryl methyl sites for hydroxylation is 2. The van der Waals surface area contributed by atoms with Crippen molar-refractivity contribution in [2.24, 2.45) is 0 Å². The number of carbonyl (C=O) groups excluding carboxylic acids is 1. The Kier molecular flexibility index (Phi) is 5.13. The van der Waals surface area contributed by atoms with Gasteiger partial charge in [-0.05, 0) is 19.9 Å². The normalized spacial score (nSPS) is 10.9. The van der Waals surface area contributed by atoms with E-state index in [0.717, 1.165) is 11.1 Å². The van der Waals surface area contributed by atoms with Crippen LogP contribution >= 0.6 is 0 Å². The molecule has 0 saturated carbocycles. The summed E-state index contributed by atoms with van der Waals surface area (Å²) in [5, 5.41) is 7.83. The van der Waals surface area contributed by atoms with Gasteiger partial charge in [-0.25, -0.2) is 0 Å². The van der Waals surface area contributed by atoms with Crippen LogP contribution in [0.15, 0.2) is 33.3 Å². The molecule has 0 aliphatic heterocycles. The molecule has 26 heavy (non-hydrogen) atoms. The van der Waals surface area contributed by atoms with Gasteiger partial charge in [0.1, 0.15) is 12.3 Å². The zero-order chi connectivity index (χ0) is 18.7. The molecule has 1 aromatic carbocycles. The van der Waals surface area contributed by atoms with E-state index in [1.165, 1.54) is 4.90 Å². The first-order chi connectivity index (χ1) is 12.5. The lowest BCUT2D eigenvalue weighted by molar-refractivity contribution is 0.0755. The minimum Gasteiger partial charge on any atom is -0.380 e. The molecule has 0 saturated heterocycles. The quantitative estimate of drug-likeness (QED) is 0.670. The predicted octanol–water partition coefficient (Wildman–Crippen LogP) is 2.76. The Balaban J connectivity index is 1.74. The molecule has 0 spiro atoms. The fraction of sp³-hybridized carbons (Fsp3) is 0.333. The van der Waals surface area contributed by atoms with Crippen LogP contribution in [0.25, 0.3) is 11.4 Å². The molecule has 0 unspecified atom stereocenters. The number of methoxy groups -OCH3 is 1. The molecule has 3 aromatic rings. The van der Waals surface area contributed by atoms with Gasteiger partial charge in [-0.2, -0.15) is 4.98 Å². The highest BCUT2D eigenvalue weighted by molar-refractivity contribution is 5.93. The SMILES string of the molecule is COCc1c(C(=O)N(C)Cc2nc(-c3cccc(C)c3)no2)noc1C. The van der Waals surface area contributed by atoms with Crippen LogP contribution in [0.1, 0.15) is 33.3 Å². The van der Waals surface area contributed by atoms with Crippen LogP contribution in [0, 0.1) is 13.8 Å². The maximum atomic E-state index is 12.6. The average molecular weight is 356 g/mol. The van der Waals surface area contributed by atoms with Crippen LogP contribution in [0.4, 0.5) is 0 Å². The van der Waals surface area contributed by atoms with Crippen LogP contribution < -0.4 is 0 Å². The molecule has 1 amide bonds. The summed E-state index contributed by atoms with van der Waals surface area (Å²) in [6, 6.07) is 7.80. The van der Waals surface area contributed by atoms with Gasteiger partial charge < -0.3 is 18.7 Å². The number of hydrogen-bond acceptors (Lipinski definition) is 7. The number of hydrogen-bond donors (Lipinski definition) is 0. The van der Waals surface area contributed by atoms with E-state index >= 15 is 0 Å². The predicted molar refractivity (Wildman–Crippen MR) is 92.2 cm³/mol. The number of ether oxygens (including phenoxy) is 1. The third kappa shape index (κ3) is 3.65. The van der Waals surface area contributed by atoms with Gasteiger partial charge in [-0.15, -0.1) is 0 Å². The van der Waals surface area contributed by atoms with Crippen molar-refractivity contribution in [1.29, 1.82) is 0 Å². The fourth-order valence-electron chi connectivity index (χ4n) is 2.55. The monoisotopic (exact) mass is 356 g/mol. The molecule has 3 rings (SSSR count). The molecule has 8 heteroatoms.